The summed E-state index contributed by atoms with van der Waals surface area (Å²) in [6.07, 6.45) is 0. The fourth-order valence-corrected chi connectivity index (χ4v) is 0.405. The summed E-state index contributed by atoms with van der Waals surface area (Å²) < 4.78 is 0. The molecule has 1 unspecified atom stereocenters. The molecule has 1 atom stereocenters. The number of hydrogen-bond acceptors (Lipinski definition) is 1. The van der Waals surface area contributed by atoms with E-state index in [0.29, 0.717) is 0 Å². The normalized spacial score (nSPS) is 13.6. The molecule has 0 spiro atoms. The highest BCUT2D eigenvalue weighted by molar-refractivity contribution is 7.97. The van der Waals surface area contributed by atoms with Gasteiger partial charge in [0.25, 0.3) is 0 Å². The van der Waals surface area contributed by atoms with Gasteiger partial charge in [-0.15, -0.1) is 35.8 Å². The number of halogens is 2. The number of rotatable bonds is 2. The first-order valence-electron chi connectivity index (χ1n) is 1.61. The smallest absolute Gasteiger partial charge is 0.204 e. The second-order valence-corrected chi connectivity index (χ2v) is 2.24. The first-order valence-corrected chi connectivity index (χ1v) is 3.03. The van der Waals surface area contributed by atoms with Crippen molar-refractivity contribution in [1.29, 1.82) is 0 Å². The zero-order valence-corrected chi connectivity index (χ0v) is 5.80. The third-order valence-corrected chi connectivity index (χ3v) is 1.69. The van der Waals surface area contributed by atoms with Gasteiger partial charge < -0.3 is 0 Å². The summed E-state index contributed by atoms with van der Waals surface area (Å²) in [5.41, 5.74) is 0. The van der Waals surface area contributed by atoms with Crippen LogP contribution in [0.25, 0.3) is 0 Å². The van der Waals surface area contributed by atoms with Crippen molar-refractivity contribution in [2.24, 2.45) is 0 Å². The van der Waals surface area contributed by atoms with E-state index in [1.165, 1.54) is 0 Å². The fourth-order valence-electron chi connectivity index (χ4n) is 0.0660. The van der Waals surface area contributed by atoms with Crippen molar-refractivity contribution in [2.45, 2.75) is 5.38 Å². The first-order chi connectivity index (χ1) is 3.18. The first kappa shape index (κ1) is 7.60. The van der Waals surface area contributed by atoms with Gasteiger partial charge in [0.05, 0.1) is 0 Å². The summed E-state index contributed by atoms with van der Waals surface area (Å²) in [5.74, 6) is 0.129. The van der Waals surface area contributed by atoms with Crippen LogP contribution in [-0.2, 0) is 4.79 Å². The van der Waals surface area contributed by atoms with Gasteiger partial charge in [0.1, 0.15) is 5.38 Å². The summed E-state index contributed by atoms with van der Waals surface area (Å²) >= 11 is 13.8. The predicted octanol–water partition coefficient (Wildman–Crippen LogP) is 1.29. The van der Waals surface area contributed by atoms with E-state index >= 15 is 0 Å². The molecule has 4 heteroatoms. The minimum absolute atomic E-state index is 0.129. The molecule has 0 bridgehead atoms. The van der Waals surface area contributed by atoms with Crippen molar-refractivity contribution in [3.63, 3.8) is 0 Å². The minimum atomic E-state index is -0.634. The number of carbonyl (C=O) groups is 1. The molecule has 0 aromatic carbocycles. The van der Waals surface area contributed by atoms with Crippen molar-refractivity contribution < 1.29 is 4.79 Å². The third-order valence-electron chi connectivity index (χ3n) is 0.403. The monoisotopic (exact) mass is 158 g/mol. The summed E-state index contributed by atoms with van der Waals surface area (Å²) in [5, 5.41) is -1.01. The van der Waals surface area contributed by atoms with Crippen LogP contribution < -0.4 is 0 Å². The molecule has 0 heterocycles. The maximum Gasteiger partial charge on any atom is 0.204 e. The lowest BCUT2D eigenvalue weighted by atomic mass is 10.5. The molecule has 0 aromatic rings. The van der Waals surface area contributed by atoms with Crippen LogP contribution in [0.3, 0.4) is 0 Å². The van der Waals surface area contributed by atoms with Crippen LogP contribution >= 0.6 is 35.8 Å². The largest absolute Gasteiger partial charge is 0.286 e. The second-order valence-electron chi connectivity index (χ2n) is 0.960. The second kappa shape index (κ2) is 3.58. The average Bonchev–Trinajstić information content (AvgIpc) is 1.65. The van der Waals surface area contributed by atoms with Gasteiger partial charge in [-0.2, -0.15) is 0 Å². The molecule has 0 N–H and O–H groups in total. The highest BCUT2D eigenvalue weighted by Crippen LogP contribution is 2.01. The van der Waals surface area contributed by atoms with Crippen LogP contribution in [0.5, 0.6) is 0 Å². The topological polar surface area (TPSA) is 17.1 Å². The van der Waals surface area contributed by atoms with Gasteiger partial charge in [-0.1, -0.05) is 0 Å². The van der Waals surface area contributed by atoms with Gasteiger partial charge in [-0.3, -0.25) is 4.79 Å². The molecule has 0 aliphatic carbocycles. The van der Waals surface area contributed by atoms with Gasteiger partial charge in [-0.05, 0) is 0 Å². The zero-order chi connectivity index (χ0) is 5.86. The van der Waals surface area contributed by atoms with Crippen LogP contribution in [0.2, 0.25) is 0 Å². The van der Waals surface area contributed by atoms with E-state index in [9.17, 15) is 4.79 Å². The van der Waals surface area contributed by atoms with E-state index in [4.69, 9.17) is 23.2 Å². The van der Waals surface area contributed by atoms with E-state index in [2.05, 4.69) is 12.6 Å². The summed E-state index contributed by atoms with van der Waals surface area (Å²) in [4.78, 5) is 10.0. The molecule has 7 heavy (non-hydrogen) atoms. The SMILES string of the molecule is O=C(S)C(Cl)CCl. The Morgan fingerprint density at radius 2 is 2.29 bits per heavy atom. The van der Waals surface area contributed by atoms with Crippen molar-refractivity contribution in [1.82, 2.24) is 0 Å². The lowest BCUT2D eigenvalue weighted by molar-refractivity contribution is -0.110. The molecule has 0 aliphatic heterocycles. The molecule has 0 amide bonds. The van der Waals surface area contributed by atoms with Crippen LogP contribution in [0.15, 0.2) is 0 Å². The molecule has 0 radical (unpaired) electrons. The lowest BCUT2D eigenvalue weighted by Crippen LogP contribution is -2.08. The van der Waals surface area contributed by atoms with Crippen molar-refractivity contribution in [3.8, 4) is 0 Å². The standard InChI is InChI=1S/C3H4Cl2OS/c4-1-2(5)3(6)7/h2H,1H2,(H,6,7). The highest BCUT2D eigenvalue weighted by atomic mass is 35.5. The highest BCUT2D eigenvalue weighted by Gasteiger charge is 2.06. The Hall–Kier alpha value is 0.600. The minimum Gasteiger partial charge on any atom is -0.286 e. The number of carbonyl (C=O) groups excluding carboxylic acids is 1. The van der Waals surface area contributed by atoms with Gasteiger partial charge in [-0.25, -0.2) is 0 Å². The molecule has 0 fully saturated rings. The Morgan fingerprint density at radius 3 is 2.29 bits per heavy atom. The maximum absolute atomic E-state index is 10.0. The van der Waals surface area contributed by atoms with Crippen molar-refractivity contribution in [2.75, 3.05) is 5.88 Å². The Bertz CT molecular complexity index is 75.3. The Morgan fingerprint density at radius 1 is 1.86 bits per heavy atom. The molecule has 42 valence electrons. The molecular weight excluding hydrogens is 155 g/mol. The van der Waals surface area contributed by atoms with Crippen LogP contribution in [0, 0.1) is 0 Å². The average molecular weight is 159 g/mol. The van der Waals surface area contributed by atoms with E-state index < -0.39 is 5.38 Å². The van der Waals surface area contributed by atoms with Crippen molar-refractivity contribution >= 4 is 40.9 Å². The molecule has 0 rings (SSSR count). The fraction of sp³-hybridized carbons (Fsp3) is 0.667. The van der Waals surface area contributed by atoms with Crippen molar-refractivity contribution in [3.05, 3.63) is 0 Å². The van der Waals surface area contributed by atoms with Gasteiger partial charge in [0.15, 0.2) is 0 Å². The number of thiol groups is 1. The lowest BCUT2D eigenvalue weighted by Gasteiger charge is -1.92. The van der Waals surface area contributed by atoms with Gasteiger partial charge in [0, 0.05) is 5.88 Å². The molecule has 0 aromatic heterocycles. The van der Waals surface area contributed by atoms with Gasteiger partial charge >= 0.3 is 0 Å². The van der Waals surface area contributed by atoms with Crippen LogP contribution in [-0.4, -0.2) is 16.4 Å². The zero-order valence-electron chi connectivity index (χ0n) is 3.40. The Kier molecular flexibility index (Phi) is 3.89. The quantitative estimate of drug-likeness (QED) is 0.474. The van der Waals surface area contributed by atoms with E-state index in [0.717, 1.165) is 0 Å². The number of alkyl halides is 2. The Balaban J connectivity index is 3.34. The van der Waals surface area contributed by atoms with E-state index in [1.54, 1.807) is 0 Å². The van der Waals surface area contributed by atoms with E-state index in [1.807, 2.05) is 0 Å². The predicted molar refractivity (Wildman–Crippen MR) is 34.4 cm³/mol. The van der Waals surface area contributed by atoms with Crippen LogP contribution in [0.4, 0.5) is 0 Å². The third kappa shape index (κ3) is 3.21. The van der Waals surface area contributed by atoms with E-state index in [-0.39, 0.29) is 11.0 Å². The summed E-state index contributed by atoms with van der Waals surface area (Å²) in [6.45, 7) is 0. The molecule has 0 saturated heterocycles. The summed E-state index contributed by atoms with van der Waals surface area (Å²) in [6, 6.07) is 0. The van der Waals surface area contributed by atoms with Gasteiger partial charge in [0.2, 0.25) is 5.12 Å². The Labute approximate surface area is 57.4 Å². The molecule has 0 aliphatic rings. The summed E-state index contributed by atoms with van der Waals surface area (Å²) in [7, 11) is 0. The van der Waals surface area contributed by atoms with Crippen LogP contribution in [0.1, 0.15) is 0 Å². The molecular formula is C3H4Cl2OS. The molecule has 0 saturated carbocycles. The maximum atomic E-state index is 10.0. The molecule has 1 nitrogen and oxygen atoms in total. The number of hydrogen-bond donors (Lipinski definition) is 1.